The Kier molecular flexibility index (Phi) is 5.12. The van der Waals surface area contributed by atoms with Gasteiger partial charge in [0, 0.05) is 23.7 Å². The first kappa shape index (κ1) is 13.7. The van der Waals surface area contributed by atoms with Crippen LogP contribution in [0.2, 0.25) is 5.02 Å². The first-order valence-electron chi connectivity index (χ1n) is 5.02. The van der Waals surface area contributed by atoms with Gasteiger partial charge in [-0.25, -0.2) is 4.39 Å². The standard InChI is InChI=1S/C12H13ClFNO2/c1-2-5-15(8-12(16)17)7-9-6-10(13)3-4-11(9)14/h2-4,6H,1,5,7-8H2,(H,16,17). The van der Waals surface area contributed by atoms with Crippen molar-refractivity contribution in [1.82, 2.24) is 4.90 Å². The summed E-state index contributed by atoms with van der Waals surface area (Å²) in [6.07, 6.45) is 1.57. The van der Waals surface area contributed by atoms with Crippen molar-refractivity contribution in [1.29, 1.82) is 0 Å². The molecule has 0 aromatic heterocycles. The fourth-order valence-electron chi connectivity index (χ4n) is 1.46. The van der Waals surface area contributed by atoms with E-state index in [1.165, 1.54) is 18.2 Å². The lowest BCUT2D eigenvalue weighted by Gasteiger charge is -2.18. The normalized spacial score (nSPS) is 10.5. The Morgan fingerprint density at radius 3 is 2.88 bits per heavy atom. The van der Waals surface area contributed by atoms with Gasteiger partial charge < -0.3 is 5.11 Å². The third-order valence-electron chi connectivity index (χ3n) is 2.15. The molecule has 0 fully saturated rings. The molecule has 17 heavy (non-hydrogen) atoms. The molecule has 0 spiro atoms. The van der Waals surface area contributed by atoms with Crippen LogP contribution >= 0.6 is 11.6 Å². The van der Waals surface area contributed by atoms with Crippen LogP contribution in [-0.2, 0) is 11.3 Å². The van der Waals surface area contributed by atoms with E-state index in [0.717, 1.165) is 0 Å². The second-order valence-corrected chi connectivity index (χ2v) is 4.02. The number of halogens is 2. The molecule has 92 valence electrons. The summed E-state index contributed by atoms with van der Waals surface area (Å²) in [5.74, 6) is -1.36. The van der Waals surface area contributed by atoms with Crippen molar-refractivity contribution in [2.24, 2.45) is 0 Å². The number of rotatable bonds is 6. The van der Waals surface area contributed by atoms with Crippen molar-refractivity contribution in [3.8, 4) is 0 Å². The number of hydrogen-bond donors (Lipinski definition) is 1. The minimum absolute atomic E-state index is 0.169. The van der Waals surface area contributed by atoms with Crippen LogP contribution in [0, 0.1) is 5.82 Å². The Bertz CT molecular complexity index is 423. The summed E-state index contributed by atoms with van der Waals surface area (Å²) < 4.78 is 13.4. The van der Waals surface area contributed by atoms with E-state index in [-0.39, 0.29) is 13.1 Å². The summed E-state index contributed by atoms with van der Waals surface area (Å²) in [6.45, 7) is 3.92. The number of hydrogen-bond acceptors (Lipinski definition) is 2. The summed E-state index contributed by atoms with van der Waals surface area (Å²) in [5.41, 5.74) is 0.376. The lowest BCUT2D eigenvalue weighted by atomic mass is 10.2. The van der Waals surface area contributed by atoms with Gasteiger partial charge in [0.2, 0.25) is 0 Å². The third kappa shape index (κ3) is 4.54. The monoisotopic (exact) mass is 257 g/mol. The molecule has 0 radical (unpaired) electrons. The molecule has 1 aromatic rings. The highest BCUT2D eigenvalue weighted by Crippen LogP contribution is 2.16. The van der Waals surface area contributed by atoms with Gasteiger partial charge in [0.25, 0.3) is 0 Å². The van der Waals surface area contributed by atoms with Crippen molar-refractivity contribution in [2.75, 3.05) is 13.1 Å². The van der Waals surface area contributed by atoms with Gasteiger partial charge in [-0.3, -0.25) is 9.69 Å². The van der Waals surface area contributed by atoms with Crippen LogP contribution in [0.5, 0.6) is 0 Å². The largest absolute Gasteiger partial charge is 0.480 e. The molecule has 0 aliphatic heterocycles. The Hall–Kier alpha value is -1.39. The van der Waals surface area contributed by atoms with Crippen molar-refractivity contribution >= 4 is 17.6 Å². The Labute approximate surface area is 104 Å². The first-order chi connectivity index (χ1) is 8.02. The molecule has 1 N–H and O–H groups in total. The van der Waals surface area contributed by atoms with Crippen molar-refractivity contribution in [3.63, 3.8) is 0 Å². The zero-order valence-electron chi connectivity index (χ0n) is 9.20. The number of carboxylic acids is 1. The summed E-state index contributed by atoms with van der Waals surface area (Å²) >= 11 is 5.76. The molecule has 0 amide bonds. The van der Waals surface area contributed by atoms with Gasteiger partial charge in [-0.05, 0) is 18.2 Å². The maximum Gasteiger partial charge on any atom is 0.317 e. The summed E-state index contributed by atoms with van der Waals surface area (Å²) in [5, 5.41) is 9.14. The van der Waals surface area contributed by atoms with Gasteiger partial charge >= 0.3 is 5.97 Å². The average molecular weight is 258 g/mol. The molecule has 0 saturated carbocycles. The van der Waals surface area contributed by atoms with Crippen LogP contribution < -0.4 is 0 Å². The van der Waals surface area contributed by atoms with E-state index in [9.17, 15) is 9.18 Å². The highest BCUT2D eigenvalue weighted by molar-refractivity contribution is 6.30. The highest BCUT2D eigenvalue weighted by Gasteiger charge is 2.11. The Morgan fingerprint density at radius 1 is 1.59 bits per heavy atom. The Morgan fingerprint density at radius 2 is 2.29 bits per heavy atom. The first-order valence-corrected chi connectivity index (χ1v) is 5.39. The molecule has 1 rings (SSSR count). The molecule has 0 atom stereocenters. The second-order valence-electron chi connectivity index (χ2n) is 3.59. The van der Waals surface area contributed by atoms with E-state index < -0.39 is 11.8 Å². The van der Waals surface area contributed by atoms with Crippen molar-refractivity contribution in [3.05, 3.63) is 47.3 Å². The number of aliphatic carboxylic acids is 1. The van der Waals surface area contributed by atoms with Gasteiger partial charge in [-0.1, -0.05) is 17.7 Å². The van der Waals surface area contributed by atoms with Crippen LogP contribution in [0.15, 0.2) is 30.9 Å². The Balaban J connectivity index is 2.80. The van der Waals surface area contributed by atoms with Gasteiger partial charge in [0.15, 0.2) is 0 Å². The van der Waals surface area contributed by atoms with E-state index in [4.69, 9.17) is 16.7 Å². The summed E-state index contributed by atoms with van der Waals surface area (Å²) in [6, 6.07) is 4.22. The predicted molar refractivity (Wildman–Crippen MR) is 64.5 cm³/mol. The highest BCUT2D eigenvalue weighted by atomic mass is 35.5. The molecule has 5 heteroatoms. The summed E-state index contributed by atoms with van der Waals surface area (Å²) in [4.78, 5) is 12.2. The van der Waals surface area contributed by atoms with Crippen LogP contribution in [0.3, 0.4) is 0 Å². The van der Waals surface area contributed by atoms with Crippen LogP contribution in [-0.4, -0.2) is 29.1 Å². The molecule has 0 saturated heterocycles. The van der Waals surface area contributed by atoms with Crippen LogP contribution in [0.1, 0.15) is 5.56 Å². The van der Waals surface area contributed by atoms with Gasteiger partial charge in [0.05, 0.1) is 6.54 Å². The van der Waals surface area contributed by atoms with E-state index in [2.05, 4.69) is 6.58 Å². The maximum atomic E-state index is 13.4. The fraction of sp³-hybridized carbons (Fsp3) is 0.250. The lowest BCUT2D eigenvalue weighted by molar-refractivity contribution is -0.138. The predicted octanol–water partition coefficient (Wildman–Crippen LogP) is 2.55. The molecular weight excluding hydrogens is 245 g/mol. The minimum Gasteiger partial charge on any atom is -0.480 e. The number of benzene rings is 1. The number of carbonyl (C=O) groups is 1. The smallest absolute Gasteiger partial charge is 0.317 e. The van der Waals surface area contributed by atoms with Gasteiger partial charge in [-0.2, -0.15) is 0 Å². The molecule has 0 aliphatic carbocycles. The number of nitrogens with zero attached hydrogens (tertiary/aromatic N) is 1. The van der Waals surface area contributed by atoms with Crippen molar-refractivity contribution < 1.29 is 14.3 Å². The zero-order chi connectivity index (χ0) is 12.8. The van der Waals surface area contributed by atoms with Gasteiger partial charge in [-0.15, -0.1) is 6.58 Å². The van der Waals surface area contributed by atoms with Crippen molar-refractivity contribution in [2.45, 2.75) is 6.54 Å². The molecule has 0 aliphatic rings. The van der Waals surface area contributed by atoms with Crippen LogP contribution in [0.25, 0.3) is 0 Å². The fourth-order valence-corrected chi connectivity index (χ4v) is 1.66. The SMILES string of the molecule is C=CCN(CC(=O)O)Cc1cc(Cl)ccc1F. The van der Waals surface area contributed by atoms with E-state index >= 15 is 0 Å². The third-order valence-corrected chi connectivity index (χ3v) is 2.38. The molecule has 3 nitrogen and oxygen atoms in total. The average Bonchev–Trinajstić information content (AvgIpc) is 2.23. The molecule has 0 unspecified atom stereocenters. The van der Waals surface area contributed by atoms with Crippen LogP contribution in [0.4, 0.5) is 4.39 Å². The molecule has 0 heterocycles. The zero-order valence-corrected chi connectivity index (χ0v) is 9.95. The topological polar surface area (TPSA) is 40.5 Å². The van der Waals surface area contributed by atoms with E-state index in [1.54, 1.807) is 11.0 Å². The summed E-state index contributed by atoms with van der Waals surface area (Å²) in [7, 11) is 0. The maximum absolute atomic E-state index is 13.4. The molecule has 0 bridgehead atoms. The van der Waals surface area contributed by atoms with E-state index in [1.807, 2.05) is 0 Å². The second kappa shape index (κ2) is 6.37. The van der Waals surface area contributed by atoms with E-state index in [0.29, 0.717) is 17.1 Å². The number of carboxylic acid groups (broad SMARTS) is 1. The molecular formula is C12H13ClFNO2. The lowest BCUT2D eigenvalue weighted by Crippen LogP contribution is -2.29. The van der Waals surface area contributed by atoms with Gasteiger partial charge in [0.1, 0.15) is 5.82 Å². The quantitative estimate of drug-likeness (QED) is 0.797. The minimum atomic E-state index is -0.964. The molecule has 1 aromatic carbocycles.